The summed E-state index contributed by atoms with van der Waals surface area (Å²) in [7, 11) is 0. The van der Waals surface area contributed by atoms with Crippen molar-refractivity contribution in [2.75, 3.05) is 32.9 Å². The Bertz CT molecular complexity index is 170. The second-order valence-corrected chi connectivity index (χ2v) is 5.96. The first-order chi connectivity index (χ1) is 7.98. The average molecular weight is 245 g/mol. The van der Waals surface area contributed by atoms with Crippen molar-refractivity contribution in [1.82, 2.24) is 5.32 Å². The predicted molar refractivity (Wildman–Crippen MR) is 73.2 cm³/mol. The minimum atomic E-state index is 0.265. The summed E-state index contributed by atoms with van der Waals surface area (Å²) in [6, 6.07) is 0. The molecule has 0 saturated carbocycles. The normalized spacial score (nSPS) is 12.4. The monoisotopic (exact) mass is 245 g/mol. The van der Waals surface area contributed by atoms with Crippen molar-refractivity contribution in [3.8, 4) is 0 Å². The first-order valence-corrected chi connectivity index (χ1v) is 6.87. The Labute approximate surface area is 107 Å². The molecular weight excluding hydrogens is 214 g/mol. The molecule has 3 nitrogen and oxygen atoms in total. The molecule has 104 valence electrons. The molecule has 0 spiro atoms. The van der Waals surface area contributed by atoms with E-state index in [9.17, 15) is 0 Å². The number of aliphatic hydroxyl groups is 1. The molecule has 0 rings (SSSR count). The van der Waals surface area contributed by atoms with E-state index in [-0.39, 0.29) is 5.41 Å². The fourth-order valence-electron chi connectivity index (χ4n) is 1.64. The average Bonchev–Trinajstić information content (AvgIpc) is 2.24. The van der Waals surface area contributed by atoms with Crippen LogP contribution in [0.15, 0.2) is 0 Å². The summed E-state index contributed by atoms with van der Waals surface area (Å²) in [6.45, 7) is 12.8. The third kappa shape index (κ3) is 12.1. The van der Waals surface area contributed by atoms with Crippen LogP contribution in [0.5, 0.6) is 0 Å². The first-order valence-electron chi connectivity index (χ1n) is 6.87. The highest BCUT2D eigenvalue weighted by Gasteiger charge is 2.16. The van der Waals surface area contributed by atoms with Crippen LogP contribution in [-0.2, 0) is 4.74 Å². The van der Waals surface area contributed by atoms with Gasteiger partial charge in [0.15, 0.2) is 0 Å². The highest BCUT2D eigenvalue weighted by Crippen LogP contribution is 2.20. The number of hydrogen-bond acceptors (Lipinski definition) is 3. The third-order valence-corrected chi connectivity index (χ3v) is 2.88. The van der Waals surface area contributed by atoms with Crippen LogP contribution >= 0.6 is 0 Å². The van der Waals surface area contributed by atoms with Crippen LogP contribution in [0.4, 0.5) is 0 Å². The Kier molecular flexibility index (Phi) is 9.79. The van der Waals surface area contributed by atoms with Crippen LogP contribution in [0.2, 0.25) is 0 Å². The van der Waals surface area contributed by atoms with Gasteiger partial charge in [-0.3, -0.25) is 0 Å². The largest absolute Gasteiger partial charge is 0.396 e. The molecule has 0 atom stereocenters. The number of nitrogens with one attached hydrogen (secondary N) is 1. The van der Waals surface area contributed by atoms with E-state index in [4.69, 9.17) is 9.84 Å². The predicted octanol–water partition coefficient (Wildman–Crippen LogP) is 2.44. The molecule has 0 aromatic heterocycles. The third-order valence-electron chi connectivity index (χ3n) is 2.88. The zero-order chi connectivity index (χ0) is 13.1. The maximum absolute atomic E-state index is 8.80. The van der Waals surface area contributed by atoms with Crippen LogP contribution < -0.4 is 5.32 Å². The summed E-state index contributed by atoms with van der Waals surface area (Å²) >= 11 is 0. The standard InChI is InChI=1S/C14H31NO2/c1-13(2)6-10-17-11-8-15-12-14(3,4)7-5-9-16/h13,15-16H,5-12H2,1-4H3. The first kappa shape index (κ1) is 16.9. The maximum Gasteiger partial charge on any atom is 0.0590 e. The van der Waals surface area contributed by atoms with Crippen LogP contribution in [0, 0.1) is 11.3 Å². The highest BCUT2D eigenvalue weighted by atomic mass is 16.5. The fraction of sp³-hybridized carbons (Fsp3) is 1.00. The number of ether oxygens (including phenoxy) is 1. The molecular formula is C14H31NO2. The van der Waals surface area contributed by atoms with E-state index in [0.717, 1.165) is 51.5 Å². The van der Waals surface area contributed by atoms with Gasteiger partial charge in [-0.05, 0) is 30.6 Å². The molecule has 0 radical (unpaired) electrons. The lowest BCUT2D eigenvalue weighted by Gasteiger charge is -2.24. The topological polar surface area (TPSA) is 41.5 Å². The zero-order valence-corrected chi connectivity index (χ0v) is 12.1. The summed E-state index contributed by atoms with van der Waals surface area (Å²) in [4.78, 5) is 0. The molecule has 0 aromatic carbocycles. The van der Waals surface area contributed by atoms with Crippen molar-refractivity contribution in [1.29, 1.82) is 0 Å². The van der Waals surface area contributed by atoms with Gasteiger partial charge in [0.1, 0.15) is 0 Å². The minimum Gasteiger partial charge on any atom is -0.396 e. The molecule has 0 heterocycles. The van der Waals surface area contributed by atoms with Crippen LogP contribution in [-0.4, -0.2) is 38.0 Å². The molecule has 0 aromatic rings. The summed E-state index contributed by atoms with van der Waals surface area (Å²) in [5.74, 6) is 0.723. The Balaban J connectivity index is 3.32. The highest BCUT2D eigenvalue weighted by molar-refractivity contribution is 4.71. The van der Waals surface area contributed by atoms with Crippen LogP contribution in [0.25, 0.3) is 0 Å². The SMILES string of the molecule is CC(C)CCOCCNCC(C)(C)CCCO. The molecule has 0 aliphatic heterocycles. The van der Waals surface area contributed by atoms with Gasteiger partial charge in [-0.15, -0.1) is 0 Å². The quantitative estimate of drug-likeness (QED) is 0.549. The Morgan fingerprint density at radius 3 is 2.53 bits per heavy atom. The second-order valence-electron chi connectivity index (χ2n) is 5.96. The second kappa shape index (κ2) is 9.86. The van der Waals surface area contributed by atoms with Gasteiger partial charge in [0.2, 0.25) is 0 Å². The zero-order valence-electron chi connectivity index (χ0n) is 12.1. The van der Waals surface area contributed by atoms with Gasteiger partial charge in [0.25, 0.3) is 0 Å². The van der Waals surface area contributed by atoms with E-state index in [1.165, 1.54) is 0 Å². The molecule has 3 heteroatoms. The van der Waals surface area contributed by atoms with Gasteiger partial charge in [0.05, 0.1) is 6.61 Å². The summed E-state index contributed by atoms with van der Waals surface area (Å²) in [5, 5.41) is 12.2. The molecule has 0 aliphatic rings. The van der Waals surface area contributed by atoms with Gasteiger partial charge in [-0.25, -0.2) is 0 Å². The molecule has 17 heavy (non-hydrogen) atoms. The molecule has 0 saturated heterocycles. The van der Waals surface area contributed by atoms with Crippen molar-refractivity contribution in [3.63, 3.8) is 0 Å². The maximum atomic E-state index is 8.80. The molecule has 0 fully saturated rings. The van der Waals surface area contributed by atoms with E-state index < -0.39 is 0 Å². The van der Waals surface area contributed by atoms with Crippen molar-refractivity contribution in [3.05, 3.63) is 0 Å². The molecule has 0 bridgehead atoms. The van der Waals surface area contributed by atoms with Crippen LogP contribution in [0.3, 0.4) is 0 Å². The van der Waals surface area contributed by atoms with E-state index in [0.29, 0.717) is 6.61 Å². The smallest absolute Gasteiger partial charge is 0.0590 e. The lowest BCUT2D eigenvalue weighted by molar-refractivity contribution is 0.122. The van der Waals surface area contributed by atoms with E-state index in [1.807, 2.05) is 0 Å². The number of hydrogen-bond donors (Lipinski definition) is 2. The molecule has 0 unspecified atom stereocenters. The summed E-state index contributed by atoms with van der Waals surface area (Å²) in [6.07, 6.45) is 3.09. The molecule has 0 amide bonds. The lowest BCUT2D eigenvalue weighted by atomic mass is 9.88. The van der Waals surface area contributed by atoms with Gasteiger partial charge < -0.3 is 15.2 Å². The summed E-state index contributed by atoms with van der Waals surface area (Å²) < 4.78 is 5.54. The van der Waals surface area contributed by atoms with E-state index in [2.05, 4.69) is 33.0 Å². The Hall–Kier alpha value is -0.120. The van der Waals surface area contributed by atoms with Crippen molar-refractivity contribution < 1.29 is 9.84 Å². The minimum absolute atomic E-state index is 0.265. The Morgan fingerprint density at radius 1 is 1.24 bits per heavy atom. The lowest BCUT2D eigenvalue weighted by Crippen LogP contribution is -2.32. The van der Waals surface area contributed by atoms with E-state index >= 15 is 0 Å². The van der Waals surface area contributed by atoms with Crippen molar-refractivity contribution in [2.45, 2.75) is 47.0 Å². The van der Waals surface area contributed by atoms with Gasteiger partial charge in [-0.2, -0.15) is 0 Å². The van der Waals surface area contributed by atoms with Gasteiger partial charge in [0, 0.05) is 26.3 Å². The van der Waals surface area contributed by atoms with Gasteiger partial charge >= 0.3 is 0 Å². The van der Waals surface area contributed by atoms with Crippen molar-refractivity contribution in [2.24, 2.45) is 11.3 Å². The van der Waals surface area contributed by atoms with Gasteiger partial charge in [-0.1, -0.05) is 27.7 Å². The van der Waals surface area contributed by atoms with Crippen molar-refractivity contribution >= 4 is 0 Å². The number of aliphatic hydroxyl groups excluding tert-OH is 1. The number of rotatable bonds is 11. The summed E-state index contributed by atoms with van der Waals surface area (Å²) in [5.41, 5.74) is 0.265. The van der Waals surface area contributed by atoms with E-state index in [1.54, 1.807) is 0 Å². The van der Waals surface area contributed by atoms with Crippen LogP contribution in [0.1, 0.15) is 47.0 Å². The molecule has 0 aliphatic carbocycles. The fourth-order valence-corrected chi connectivity index (χ4v) is 1.64. The molecule has 2 N–H and O–H groups in total. The Morgan fingerprint density at radius 2 is 1.94 bits per heavy atom.